The van der Waals surface area contributed by atoms with Crippen LogP contribution in [0.15, 0.2) is 52.4 Å². The molecule has 1 amide bonds. The molecule has 0 aliphatic rings. The number of carbonyl (C=O) groups is 1. The van der Waals surface area contributed by atoms with Crippen LogP contribution < -0.4 is 17.0 Å². The number of hydrogen-bond donors (Lipinski definition) is 1. The minimum Gasteiger partial charge on any atom is -0.351 e. The summed E-state index contributed by atoms with van der Waals surface area (Å²) in [5.74, 6) is 0. The molecule has 3 aromatic rings. The van der Waals surface area contributed by atoms with Crippen molar-refractivity contribution in [2.75, 3.05) is 0 Å². The van der Waals surface area contributed by atoms with Gasteiger partial charge in [0.15, 0.2) is 5.65 Å². The first-order chi connectivity index (χ1) is 10.6. The highest BCUT2D eigenvalue weighted by Gasteiger charge is 2.16. The number of fused-ring (bicyclic) bond motifs is 1. The van der Waals surface area contributed by atoms with Gasteiger partial charge in [0.25, 0.3) is 5.56 Å². The van der Waals surface area contributed by atoms with E-state index in [4.69, 9.17) is 5.73 Å². The zero-order chi connectivity index (χ0) is 15.7. The van der Waals surface area contributed by atoms with Crippen LogP contribution >= 0.6 is 0 Å². The van der Waals surface area contributed by atoms with Crippen molar-refractivity contribution in [3.8, 4) is 0 Å². The van der Waals surface area contributed by atoms with E-state index in [0.29, 0.717) is 10.1 Å². The van der Waals surface area contributed by atoms with Crippen molar-refractivity contribution in [2.24, 2.45) is 5.73 Å². The van der Waals surface area contributed by atoms with Crippen LogP contribution in [0.5, 0.6) is 0 Å². The van der Waals surface area contributed by atoms with E-state index in [9.17, 15) is 14.4 Å². The Morgan fingerprint density at radius 3 is 2.55 bits per heavy atom. The molecule has 0 unspecified atom stereocenters. The largest absolute Gasteiger partial charge is 0.351 e. The monoisotopic (exact) mass is 297 g/mol. The molecule has 22 heavy (non-hydrogen) atoms. The first-order valence-electron chi connectivity index (χ1n) is 6.39. The Kier molecular flexibility index (Phi) is 3.26. The van der Waals surface area contributed by atoms with Gasteiger partial charge in [-0.05, 0) is 29.8 Å². The van der Waals surface area contributed by atoms with Crippen molar-refractivity contribution in [1.82, 2.24) is 19.1 Å². The van der Waals surface area contributed by atoms with Crippen LogP contribution in [0, 0.1) is 0 Å². The van der Waals surface area contributed by atoms with E-state index in [2.05, 4.69) is 9.97 Å². The van der Waals surface area contributed by atoms with Crippen LogP contribution in [0.2, 0.25) is 0 Å². The molecule has 0 bridgehead atoms. The molecule has 0 fully saturated rings. The third-order valence-corrected chi connectivity index (χ3v) is 3.21. The van der Waals surface area contributed by atoms with Crippen LogP contribution in [0.4, 0.5) is 4.79 Å². The lowest BCUT2D eigenvalue weighted by atomic mass is 10.2. The van der Waals surface area contributed by atoms with E-state index < -0.39 is 17.3 Å². The third-order valence-electron chi connectivity index (χ3n) is 3.21. The maximum absolute atomic E-state index is 12.5. The van der Waals surface area contributed by atoms with Crippen LogP contribution in [0.25, 0.3) is 11.0 Å². The smallest absolute Gasteiger partial charge is 0.341 e. The SMILES string of the molecule is NC(=O)n1c(=O)n(Cc2ccncc2)c(=O)c2cccnc21. The average molecular weight is 297 g/mol. The van der Waals surface area contributed by atoms with Gasteiger partial charge in [-0.3, -0.25) is 14.3 Å². The van der Waals surface area contributed by atoms with Gasteiger partial charge >= 0.3 is 11.7 Å². The summed E-state index contributed by atoms with van der Waals surface area (Å²) >= 11 is 0. The number of aromatic nitrogens is 4. The molecule has 8 nitrogen and oxygen atoms in total. The fourth-order valence-electron chi connectivity index (χ4n) is 2.19. The van der Waals surface area contributed by atoms with Crippen molar-refractivity contribution in [2.45, 2.75) is 6.54 Å². The number of amides is 1. The number of hydrogen-bond acceptors (Lipinski definition) is 5. The average Bonchev–Trinajstić information content (AvgIpc) is 2.52. The summed E-state index contributed by atoms with van der Waals surface area (Å²) in [7, 11) is 0. The van der Waals surface area contributed by atoms with E-state index >= 15 is 0 Å². The second-order valence-corrected chi connectivity index (χ2v) is 4.58. The summed E-state index contributed by atoms with van der Waals surface area (Å²) in [6.07, 6.45) is 4.49. The van der Waals surface area contributed by atoms with Gasteiger partial charge in [-0.2, -0.15) is 4.57 Å². The first-order valence-corrected chi connectivity index (χ1v) is 6.39. The zero-order valence-corrected chi connectivity index (χ0v) is 11.3. The zero-order valence-electron chi connectivity index (χ0n) is 11.3. The molecular formula is C14H11N5O3. The predicted molar refractivity (Wildman–Crippen MR) is 78.6 cm³/mol. The molecule has 0 saturated carbocycles. The number of carbonyl (C=O) groups excluding carboxylic acids is 1. The van der Waals surface area contributed by atoms with Crippen molar-refractivity contribution >= 4 is 17.1 Å². The molecule has 110 valence electrons. The van der Waals surface area contributed by atoms with E-state index in [0.717, 1.165) is 4.57 Å². The van der Waals surface area contributed by atoms with Gasteiger partial charge in [0.1, 0.15) is 0 Å². The van der Waals surface area contributed by atoms with Gasteiger partial charge in [0.05, 0.1) is 11.9 Å². The van der Waals surface area contributed by atoms with Gasteiger partial charge in [-0.1, -0.05) is 0 Å². The number of nitrogens with zero attached hydrogens (tertiary/aromatic N) is 4. The van der Waals surface area contributed by atoms with Gasteiger partial charge in [0.2, 0.25) is 0 Å². The molecule has 8 heteroatoms. The Morgan fingerprint density at radius 2 is 1.86 bits per heavy atom. The van der Waals surface area contributed by atoms with Gasteiger partial charge in [0, 0.05) is 18.6 Å². The molecule has 0 aromatic carbocycles. The van der Waals surface area contributed by atoms with E-state index in [-0.39, 0.29) is 17.6 Å². The van der Waals surface area contributed by atoms with Crippen LogP contribution in [-0.2, 0) is 6.54 Å². The van der Waals surface area contributed by atoms with Gasteiger partial charge in [-0.25, -0.2) is 14.6 Å². The molecule has 0 aliphatic carbocycles. The number of rotatable bonds is 2. The van der Waals surface area contributed by atoms with E-state index in [1.54, 1.807) is 30.6 Å². The number of nitrogens with two attached hydrogens (primary N) is 1. The quantitative estimate of drug-likeness (QED) is 0.711. The molecule has 0 spiro atoms. The van der Waals surface area contributed by atoms with Crippen molar-refractivity contribution in [3.05, 3.63) is 69.3 Å². The summed E-state index contributed by atoms with van der Waals surface area (Å²) in [5.41, 5.74) is 4.56. The minimum atomic E-state index is -0.989. The molecule has 0 atom stereocenters. The van der Waals surface area contributed by atoms with Crippen molar-refractivity contribution < 1.29 is 4.79 Å². The fraction of sp³-hybridized carbons (Fsp3) is 0.0714. The Balaban J connectivity index is 2.34. The summed E-state index contributed by atoms with van der Waals surface area (Å²) in [5, 5.41) is 0.148. The molecule has 0 aliphatic heterocycles. The van der Waals surface area contributed by atoms with Gasteiger partial charge < -0.3 is 5.73 Å². The summed E-state index contributed by atoms with van der Waals surface area (Å²) < 4.78 is 1.64. The number of primary amides is 1. The molecule has 0 saturated heterocycles. The summed E-state index contributed by atoms with van der Waals surface area (Å²) in [4.78, 5) is 44.2. The van der Waals surface area contributed by atoms with Crippen LogP contribution in [-0.4, -0.2) is 25.1 Å². The van der Waals surface area contributed by atoms with Crippen LogP contribution in [0.3, 0.4) is 0 Å². The second kappa shape index (κ2) is 5.24. The highest BCUT2D eigenvalue weighted by Crippen LogP contribution is 2.04. The lowest BCUT2D eigenvalue weighted by molar-refractivity contribution is 0.249. The molecule has 2 N–H and O–H groups in total. The van der Waals surface area contributed by atoms with Crippen LogP contribution in [0.1, 0.15) is 5.56 Å². The molecule has 0 radical (unpaired) electrons. The van der Waals surface area contributed by atoms with E-state index in [1.807, 2.05) is 0 Å². The maximum Gasteiger partial charge on any atom is 0.341 e. The standard InChI is InChI=1S/C14H11N5O3/c15-13(21)19-11-10(2-1-5-17-11)12(20)18(14(19)22)8-9-3-6-16-7-4-9/h1-7H,8H2,(H2,15,21). The Bertz CT molecular complexity index is 975. The Morgan fingerprint density at radius 1 is 1.14 bits per heavy atom. The number of pyridine rings is 2. The lowest BCUT2D eigenvalue weighted by Crippen LogP contribution is -2.44. The summed E-state index contributed by atoms with van der Waals surface area (Å²) in [6, 6.07) is 5.40. The molecule has 3 aromatic heterocycles. The molecular weight excluding hydrogens is 286 g/mol. The maximum atomic E-state index is 12.5. The Labute approximate surface area is 123 Å². The molecule has 3 heterocycles. The topological polar surface area (TPSA) is 113 Å². The highest BCUT2D eigenvalue weighted by molar-refractivity contribution is 5.86. The minimum absolute atomic E-state index is 0.0122. The predicted octanol–water partition coefficient (Wildman–Crippen LogP) is -0.0717. The summed E-state index contributed by atoms with van der Waals surface area (Å²) in [6.45, 7) is 0.0122. The van der Waals surface area contributed by atoms with Gasteiger partial charge in [-0.15, -0.1) is 0 Å². The van der Waals surface area contributed by atoms with Crippen molar-refractivity contribution in [1.29, 1.82) is 0 Å². The third kappa shape index (κ3) is 2.16. The highest BCUT2D eigenvalue weighted by atomic mass is 16.2. The first kappa shape index (κ1) is 13.7. The van der Waals surface area contributed by atoms with E-state index in [1.165, 1.54) is 12.3 Å². The Hall–Kier alpha value is -3.29. The normalized spacial score (nSPS) is 10.7. The molecule has 3 rings (SSSR count). The van der Waals surface area contributed by atoms with Crippen molar-refractivity contribution in [3.63, 3.8) is 0 Å². The lowest BCUT2D eigenvalue weighted by Gasteiger charge is -2.10. The fourth-order valence-corrected chi connectivity index (χ4v) is 2.19. The second-order valence-electron chi connectivity index (χ2n) is 4.58.